The van der Waals surface area contributed by atoms with Crippen LogP contribution >= 0.6 is 0 Å². The standard InChI is InChI=1S/C20H29NO4/c1-17(2,3)14-11-13(22)7-10-21(14)15(23)20-9-8-19(6,18(20,4)5)12-25-16(20)24/h7,10,14H,8-9,11-12H2,1-6H3/t14-,19+,20+/m1/s1. The number of nitrogens with zero attached hydrogens (tertiary/aromatic N) is 1. The average molecular weight is 347 g/mol. The third kappa shape index (κ3) is 2.24. The molecule has 0 aromatic carbocycles. The predicted molar refractivity (Wildman–Crippen MR) is 93.4 cm³/mol. The van der Waals surface area contributed by atoms with Gasteiger partial charge in [0.25, 0.3) is 0 Å². The van der Waals surface area contributed by atoms with Crippen LogP contribution in [-0.4, -0.2) is 35.2 Å². The minimum Gasteiger partial charge on any atom is -0.464 e. The second kappa shape index (κ2) is 5.18. The normalized spacial score (nSPS) is 37.2. The summed E-state index contributed by atoms with van der Waals surface area (Å²) in [6.45, 7) is 12.6. The van der Waals surface area contributed by atoms with Crippen molar-refractivity contribution < 1.29 is 19.1 Å². The van der Waals surface area contributed by atoms with E-state index in [0.717, 1.165) is 6.42 Å². The SMILES string of the molecule is CC(C)(C)[C@H]1CC(=O)C=CN1C(=O)[C@@]12CC[C@@](C)(COC1=O)C2(C)C. The Morgan fingerprint density at radius 3 is 2.44 bits per heavy atom. The Hall–Kier alpha value is -1.65. The lowest BCUT2D eigenvalue weighted by Gasteiger charge is -2.52. The number of carbonyl (C=O) groups is 3. The number of hydrogen-bond donors (Lipinski definition) is 0. The number of cyclic esters (lactones) is 1. The first-order valence-corrected chi connectivity index (χ1v) is 9.08. The van der Waals surface area contributed by atoms with E-state index in [1.54, 1.807) is 11.1 Å². The second-order valence-electron chi connectivity index (χ2n) is 9.75. The molecule has 5 heteroatoms. The zero-order chi connectivity index (χ0) is 18.8. The van der Waals surface area contributed by atoms with Crippen molar-refractivity contribution in [3.8, 4) is 0 Å². The molecule has 3 rings (SSSR count). The number of amides is 1. The molecule has 0 aromatic heterocycles. The van der Waals surface area contributed by atoms with Crippen LogP contribution in [0.5, 0.6) is 0 Å². The molecule has 1 amide bonds. The Labute approximate surface area is 149 Å². The third-order valence-corrected chi connectivity index (χ3v) is 7.25. The van der Waals surface area contributed by atoms with Gasteiger partial charge in [-0.1, -0.05) is 41.5 Å². The van der Waals surface area contributed by atoms with Gasteiger partial charge in [0.2, 0.25) is 5.91 Å². The van der Waals surface area contributed by atoms with Crippen LogP contribution in [0.3, 0.4) is 0 Å². The number of fused-ring (bicyclic) bond motifs is 2. The molecule has 1 saturated heterocycles. The summed E-state index contributed by atoms with van der Waals surface area (Å²) in [6, 6.07) is -0.260. The molecule has 0 N–H and O–H groups in total. The van der Waals surface area contributed by atoms with Crippen LogP contribution < -0.4 is 0 Å². The molecule has 1 saturated carbocycles. The molecule has 2 bridgehead atoms. The van der Waals surface area contributed by atoms with Crippen molar-refractivity contribution in [1.29, 1.82) is 0 Å². The van der Waals surface area contributed by atoms with Gasteiger partial charge in [-0.25, -0.2) is 0 Å². The van der Waals surface area contributed by atoms with Crippen molar-refractivity contribution in [2.24, 2.45) is 21.7 Å². The molecule has 0 unspecified atom stereocenters. The van der Waals surface area contributed by atoms with Gasteiger partial charge in [-0.05, 0) is 29.7 Å². The molecule has 2 fully saturated rings. The summed E-state index contributed by atoms with van der Waals surface area (Å²) in [4.78, 5) is 40.2. The van der Waals surface area contributed by atoms with E-state index in [2.05, 4.69) is 6.92 Å². The summed E-state index contributed by atoms with van der Waals surface area (Å²) in [5.41, 5.74) is -2.14. The molecular weight excluding hydrogens is 318 g/mol. The van der Waals surface area contributed by atoms with Crippen molar-refractivity contribution >= 4 is 17.7 Å². The van der Waals surface area contributed by atoms with Crippen LogP contribution in [0.15, 0.2) is 12.3 Å². The maximum absolute atomic E-state index is 13.7. The van der Waals surface area contributed by atoms with E-state index in [4.69, 9.17) is 4.74 Å². The topological polar surface area (TPSA) is 63.7 Å². The molecular formula is C20H29NO4. The summed E-state index contributed by atoms with van der Waals surface area (Å²) in [6.07, 6.45) is 4.60. The highest BCUT2D eigenvalue weighted by atomic mass is 16.5. The number of allylic oxidation sites excluding steroid dienone is 1. The molecule has 138 valence electrons. The lowest BCUT2D eigenvalue weighted by molar-refractivity contribution is -0.193. The molecule has 3 atom stereocenters. The molecule has 25 heavy (non-hydrogen) atoms. The number of carbonyl (C=O) groups excluding carboxylic acids is 3. The van der Waals surface area contributed by atoms with E-state index >= 15 is 0 Å². The van der Waals surface area contributed by atoms with E-state index in [1.165, 1.54) is 6.08 Å². The molecule has 0 spiro atoms. The zero-order valence-electron chi connectivity index (χ0n) is 16.1. The molecule has 1 aliphatic carbocycles. The number of rotatable bonds is 1. The molecule has 0 aromatic rings. The van der Waals surface area contributed by atoms with Gasteiger partial charge in [0.15, 0.2) is 11.2 Å². The highest BCUT2D eigenvalue weighted by Gasteiger charge is 2.72. The summed E-state index contributed by atoms with van der Waals surface area (Å²) < 4.78 is 5.48. The van der Waals surface area contributed by atoms with Crippen molar-refractivity contribution in [2.75, 3.05) is 6.61 Å². The third-order valence-electron chi connectivity index (χ3n) is 7.25. The highest BCUT2D eigenvalue weighted by Crippen LogP contribution is 2.66. The first-order valence-electron chi connectivity index (χ1n) is 9.08. The fourth-order valence-electron chi connectivity index (χ4n) is 4.80. The summed E-state index contributed by atoms with van der Waals surface area (Å²) in [5.74, 6) is -0.603. The lowest BCUT2D eigenvalue weighted by Crippen LogP contribution is -2.63. The number of ketones is 1. The van der Waals surface area contributed by atoms with Gasteiger partial charge in [-0.3, -0.25) is 14.4 Å². The second-order valence-corrected chi connectivity index (χ2v) is 9.75. The maximum atomic E-state index is 13.7. The van der Waals surface area contributed by atoms with E-state index in [-0.39, 0.29) is 35.0 Å². The monoisotopic (exact) mass is 347 g/mol. The van der Waals surface area contributed by atoms with Crippen LogP contribution in [0.25, 0.3) is 0 Å². The lowest BCUT2D eigenvalue weighted by atomic mass is 9.57. The number of esters is 1. The van der Waals surface area contributed by atoms with Gasteiger partial charge in [0.1, 0.15) is 0 Å². The van der Waals surface area contributed by atoms with E-state index < -0.39 is 16.8 Å². The van der Waals surface area contributed by atoms with Crippen LogP contribution in [0.2, 0.25) is 0 Å². The Morgan fingerprint density at radius 2 is 1.84 bits per heavy atom. The Kier molecular flexibility index (Phi) is 3.76. The van der Waals surface area contributed by atoms with Crippen molar-refractivity contribution in [2.45, 2.75) is 66.8 Å². The van der Waals surface area contributed by atoms with Crippen molar-refractivity contribution in [1.82, 2.24) is 4.90 Å². The first-order chi connectivity index (χ1) is 11.4. The summed E-state index contributed by atoms with van der Waals surface area (Å²) in [7, 11) is 0. The molecule has 2 aliphatic heterocycles. The van der Waals surface area contributed by atoms with E-state index in [1.807, 2.05) is 34.6 Å². The quantitative estimate of drug-likeness (QED) is 0.540. The van der Waals surface area contributed by atoms with Crippen LogP contribution in [0.1, 0.15) is 60.8 Å². The Morgan fingerprint density at radius 1 is 1.20 bits per heavy atom. The smallest absolute Gasteiger partial charge is 0.322 e. The summed E-state index contributed by atoms with van der Waals surface area (Å²) >= 11 is 0. The largest absolute Gasteiger partial charge is 0.464 e. The minimum atomic E-state index is -1.17. The predicted octanol–water partition coefficient (Wildman–Crippen LogP) is 3.09. The van der Waals surface area contributed by atoms with Gasteiger partial charge >= 0.3 is 5.97 Å². The van der Waals surface area contributed by atoms with Crippen molar-refractivity contribution in [3.63, 3.8) is 0 Å². The molecule has 0 radical (unpaired) electrons. The van der Waals surface area contributed by atoms with Gasteiger partial charge in [0.05, 0.1) is 6.61 Å². The van der Waals surface area contributed by atoms with Gasteiger partial charge in [0, 0.05) is 24.1 Å². The zero-order valence-corrected chi connectivity index (χ0v) is 16.1. The Balaban J connectivity index is 2.08. The number of ether oxygens (including phenoxy) is 1. The molecule has 3 aliphatic rings. The van der Waals surface area contributed by atoms with Crippen LogP contribution in [0, 0.1) is 21.7 Å². The minimum absolute atomic E-state index is 0.0169. The molecule has 2 heterocycles. The van der Waals surface area contributed by atoms with Crippen LogP contribution in [-0.2, 0) is 19.1 Å². The van der Waals surface area contributed by atoms with E-state index in [9.17, 15) is 14.4 Å². The molecule has 5 nitrogen and oxygen atoms in total. The number of hydrogen-bond acceptors (Lipinski definition) is 4. The first kappa shape index (κ1) is 18.2. The van der Waals surface area contributed by atoms with Gasteiger partial charge < -0.3 is 9.64 Å². The summed E-state index contributed by atoms with van der Waals surface area (Å²) in [5, 5.41) is 0. The van der Waals surface area contributed by atoms with Crippen molar-refractivity contribution in [3.05, 3.63) is 12.3 Å². The van der Waals surface area contributed by atoms with Crippen LogP contribution in [0.4, 0.5) is 0 Å². The highest BCUT2D eigenvalue weighted by molar-refractivity contribution is 6.06. The van der Waals surface area contributed by atoms with Gasteiger partial charge in [-0.2, -0.15) is 0 Å². The van der Waals surface area contributed by atoms with E-state index in [0.29, 0.717) is 13.0 Å². The maximum Gasteiger partial charge on any atom is 0.322 e. The van der Waals surface area contributed by atoms with Gasteiger partial charge in [-0.15, -0.1) is 0 Å². The average Bonchev–Trinajstić information content (AvgIpc) is 2.62. The Bertz CT molecular complexity index is 672. The fraction of sp³-hybridized carbons (Fsp3) is 0.750. The fourth-order valence-corrected chi connectivity index (χ4v) is 4.80.